The van der Waals surface area contributed by atoms with Crippen LogP contribution in [0.3, 0.4) is 0 Å². The molecule has 1 aromatic carbocycles. The predicted octanol–water partition coefficient (Wildman–Crippen LogP) is 3.97. The van der Waals surface area contributed by atoms with Crippen LogP contribution in [-0.2, 0) is 9.47 Å². The van der Waals surface area contributed by atoms with Crippen molar-refractivity contribution in [3.63, 3.8) is 0 Å². The van der Waals surface area contributed by atoms with E-state index in [2.05, 4.69) is 0 Å². The summed E-state index contributed by atoms with van der Waals surface area (Å²) in [6.07, 6.45) is 0.453. The summed E-state index contributed by atoms with van der Waals surface area (Å²) in [5.74, 6) is 4.11. The lowest BCUT2D eigenvalue weighted by molar-refractivity contribution is 0.0397. The van der Waals surface area contributed by atoms with E-state index in [1.54, 1.807) is 55.3 Å². The van der Waals surface area contributed by atoms with Crippen molar-refractivity contribution in [3.8, 4) is 0 Å². The van der Waals surface area contributed by atoms with Gasteiger partial charge in [-0.15, -0.1) is 11.6 Å². The highest BCUT2D eigenvalue weighted by Gasteiger charge is 2.21. The van der Waals surface area contributed by atoms with Gasteiger partial charge in [-0.05, 0) is 12.1 Å². The summed E-state index contributed by atoms with van der Waals surface area (Å²) in [6, 6.07) is 9.12. The highest BCUT2D eigenvalue weighted by atomic mass is 35.5. The molecular weight excluding hydrogens is 420 g/mol. The van der Waals surface area contributed by atoms with Crippen LogP contribution in [0.4, 0.5) is 0 Å². The van der Waals surface area contributed by atoms with E-state index in [9.17, 15) is 4.79 Å². The Morgan fingerprint density at radius 1 is 1.12 bits per heavy atom. The third-order valence-corrected chi connectivity index (χ3v) is 8.42. The number of ether oxygens (including phenoxy) is 2. The minimum absolute atomic E-state index is 0.0278. The first-order valence-electron chi connectivity index (χ1n) is 7.79. The molecule has 4 rings (SSSR count). The Labute approximate surface area is 169 Å². The number of carbonyl (C=O) groups excluding carboxylic acids is 1. The number of rotatable bonds is 3. The van der Waals surface area contributed by atoms with Crippen LogP contribution in [-0.4, -0.2) is 64.9 Å². The van der Waals surface area contributed by atoms with E-state index in [4.69, 9.17) is 26.2 Å². The topological polar surface area (TPSA) is 59.1 Å². The fourth-order valence-corrected chi connectivity index (χ4v) is 6.71. The number of epoxide rings is 1. The van der Waals surface area contributed by atoms with Crippen molar-refractivity contribution in [3.05, 3.63) is 35.9 Å². The van der Waals surface area contributed by atoms with Gasteiger partial charge in [-0.1, -0.05) is 61.4 Å². The van der Waals surface area contributed by atoms with Gasteiger partial charge in [0.05, 0.1) is 30.3 Å². The van der Waals surface area contributed by atoms with Gasteiger partial charge in [-0.3, -0.25) is 0 Å². The van der Waals surface area contributed by atoms with Crippen molar-refractivity contribution in [2.45, 2.75) is 18.3 Å². The molecule has 1 unspecified atom stereocenters. The van der Waals surface area contributed by atoms with Gasteiger partial charge in [-0.2, -0.15) is 0 Å². The molecule has 0 bridgehead atoms. The molecule has 0 aliphatic carbocycles. The van der Waals surface area contributed by atoms with E-state index in [1.165, 1.54) is 0 Å². The van der Waals surface area contributed by atoms with Crippen LogP contribution in [0.25, 0.3) is 0 Å². The second-order valence-corrected chi connectivity index (χ2v) is 10.7. The van der Waals surface area contributed by atoms with Crippen LogP contribution in [0, 0.1) is 0 Å². The van der Waals surface area contributed by atoms with Crippen molar-refractivity contribution in [2.24, 2.45) is 0 Å². The summed E-state index contributed by atoms with van der Waals surface area (Å²) in [7, 11) is 7.02. The third kappa shape index (κ3) is 9.70. The molecule has 3 heterocycles. The van der Waals surface area contributed by atoms with Gasteiger partial charge in [0, 0.05) is 23.0 Å². The van der Waals surface area contributed by atoms with E-state index in [1.807, 2.05) is 18.2 Å². The summed E-state index contributed by atoms with van der Waals surface area (Å²) in [6.45, 7) is 0.878. The molecule has 140 valence electrons. The normalized spacial score (nSPS) is 22.4. The minimum Gasteiger partial charge on any atom is -0.457 e. The Morgan fingerprint density at radius 2 is 1.68 bits per heavy atom. The molecule has 3 saturated heterocycles. The van der Waals surface area contributed by atoms with Gasteiger partial charge < -0.3 is 14.6 Å². The number of alkyl halides is 1. The maximum atomic E-state index is 11.6. The van der Waals surface area contributed by atoms with Crippen molar-refractivity contribution in [1.82, 2.24) is 0 Å². The van der Waals surface area contributed by atoms with Gasteiger partial charge in [0.1, 0.15) is 6.10 Å². The van der Waals surface area contributed by atoms with Gasteiger partial charge >= 0.3 is 5.97 Å². The lowest BCUT2D eigenvalue weighted by Crippen LogP contribution is -2.19. The molecule has 4 nitrogen and oxygen atoms in total. The number of halogens is 1. The molecule has 3 aliphatic rings. The number of hydrogen-bond donors (Lipinski definition) is 1. The smallest absolute Gasteiger partial charge is 0.338 e. The largest absolute Gasteiger partial charge is 0.457 e. The lowest BCUT2D eigenvalue weighted by Gasteiger charge is -2.09. The summed E-state index contributed by atoms with van der Waals surface area (Å²) in [5.41, 5.74) is 0.634. The zero-order valence-electron chi connectivity index (χ0n) is 13.5. The highest BCUT2D eigenvalue weighted by Crippen LogP contribution is 2.32. The molecule has 25 heavy (non-hydrogen) atoms. The standard InChI is InChI=1S/C10H10O2S2.C3H5ClO.C3H6OS2/c11-10(8-4-2-1-3-5-8)12-9-6-13-14-7-9;4-1-3-2-5-3;4-3-1-5-6-2-3/h1-5,9H,6-7H2;3H,1-2H2;3-4H,1-2H2. The molecule has 3 aliphatic heterocycles. The van der Waals surface area contributed by atoms with Crippen LogP contribution < -0.4 is 0 Å². The molecule has 0 saturated carbocycles. The molecule has 0 aromatic heterocycles. The molecule has 1 atom stereocenters. The first kappa shape index (κ1) is 21.6. The molecule has 0 amide bonds. The SMILES string of the molecule is ClCC1CO1.O=C(OC1CSSC1)c1ccccc1.OC1CSSC1. The van der Waals surface area contributed by atoms with Crippen molar-refractivity contribution in [2.75, 3.05) is 35.5 Å². The Hall–Kier alpha value is 0.300. The van der Waals surface area contributed by atoms with E-state index >= 15 is 0 Å². The van der Waals surface area contributed by atoms with Crippen LogP contribution in [0.1, 0.15) is 10.4 Å². The van der Waals surface area contributed by atoms with E-state index in [0.29, 0.717) is 17.5 Å². The molecule has 1 aromatic rings. The van der Waals surface area contributed by atoms with Crippen molar-refractivity contribution < 1.29 is 19.4 Å². The average molecular weight is 441 g/mol. The van der Waals surface area contributed by atoms with Gasteiger partial charge in [-0.25, -0.2) is 4.79 Å². The molecular formula is C16H21ClO4S4. The zero-order valence-corrected chi connectivity index (χ0v) is 17.6. The summed E-state index contributed by atoms with van der Waals surface area (Å²) in [4.78, 5) is 11.6. The molecule has 3 fully saturated rings. The van der Waals surface area contributed by atoms with E-state index < -0.39 is 0 Å². The van der Waals surface area contributed by atoms with Crippen LogP contribution in [0.15, 0.2) is 30.3 Å². The Morgan fingerprint density at radius 3 is 2.08 bits per heavy atom. The van der Waals surface area contributed by atoms with Crippen LogP contribution in [0.5, 0.6) is 0 Å². The lowest BCUT2D eigenvalue weighted by atomic mass is 10.2. The number of carbonyl (C=O) groups is 1. The summed E-state index contributed by atoms with van der Waals surface area (Å²) in [5, 5.41) is 8.69. The molecule has 0 radical (unpaired) electrons. The second kappa shape index (κ2) is 12.6. The van der Waals surface area contributed by atoms with E-state index in [0.717, 1.165) is 29.6 Å². The summed E-state index contributed by atoms with van der Waals surface area (Å²) >= 11 is 5.27. The van der Waals surface area contributed by atoms with Crippen molar-refractivity contribution in [1.29, 1.82) is 0 Å². The Kier molecular flexibility index (Phi) is 10.9. The Bertz CT molecular complexity index is 492. The van der Waals surface area contributed by atoms with Gasteiger partial charge in [0.15, 0.2) is 0 Å². The first-order chi connectivity index (χ1) is 12.2. The van der Waals surface area contributed by atoms with Crippen LogP contribution in [0.2, 0.25) is 0 Å². The number of aliphatic hydroxyl groups excluding tert-OH is 1. The predicted molar refractivity (Wildman–Crippen MR) is 112 cm³/mol. The monoisotopic (exact) mass is 440 g/mol. The third-order valence-electron chi connectivity index (χ3n) is 3.05. The molecule has 1 N–H and O–H groups in total. The van der Waals surface area contributed by atoms with Crippen molar-refractivity contribution >= 4 is 60.7 Å². The van der Waals surface area contributed by atoms with Gasteiger partial charge in [0.2, 0.25) is 0 Å². The fourth-order valence-electron chi connectivity index (χ4n) is 1.62. The highest BCUT2D eigenvalue weighted by molar-refractivity contribution is 8.77. The fraction of sp³-hybridized carbons (Fsp3) is 0.562. The average Bonchev–Trinajstić information content (AvgIpc) is 3.13. The van der Waals surface area contributed by atoms with Gasteiger partial charge in [0.25, 0.3) is 0 Å². The number of benzene rings is 1. The quantitative estimate of drug-likeness (QED) is 0.328. The number of aliphatic hydroxyl groups is 1. The molecule has 9 heteroatoms. The molecule has 0 spiro atoms. The summed E-state index contributed by atoms with van der Waals surface area (Å²) < 4.78 is 10.0. The zero-order chi connectivity index (χ0) is 17.9. The minimum atomic E-state index is -0.210. The Balaban J connectivity index is 0.000000167. The maximum Gasteiger partial charge on any atom is 0.338 e. The van der Waals surface area contributed by atoms with Crippen LogP contribution >= 0.6 is 54.8 Å². The van der Waals surface area contributed by atoms with E-state index in [-0.39, 0.29) is 18.2 Å². The number of esters is 1. The number of hydrogen-bond acceptors (Lipinski definition) is 8. The second-order valence-electron chi connectivity index (χ2n) is 5.29. The maximum absolute atomic E-state index is 11.6. The first-order valence-corrected chi connectivity index (χ1v) is 13.3.